The number of hydrogen-bond donors (Lipinski definition) is 1. The lowest BCUT2D eigenvalue weighted by molar-refractivity contribution is -0.146. The smallest absolute Gasteiger partial charge is 0.347 e. The summed E-state index contributed by atoms with van der Waals surface area (Å²) >= 11 is 0. The zero-order chi connectivity index (χ0) is 19.6. The third kappa shape index (κ3) is 5.54. The third-order valence-corrected chi connectivity index (χ3v) is 3.56. The van der Waals surface area contributed by atoms with E-state index in [1.807, 2.05) is 6.07 Å². The normalized spacial score (nSPS) is 9.85. The molecule has 2 aromatic carbocycles. The van der Waals surface area contributed by atoms with Crippen LogP contribution in [0.1, 0.15) is 29.8 Å². The largest absolute Gasteiger partial charge is 0.462 e. The van der Waals surface area contributed by atoms with E-state index in [0.29, 0.717) is 16.8 Å². The van der Waals surface area contributed by atoms with E-state index in [-0.39, 0.29) is 24.6 Å². The molecule has 2 rings (SSSR count). The maximum Gasteiger partial charge on any atom is 0.347 e. The molecular weight excluding hydrogens is 346 g/mol. The van der Waals surface area contributed by atoms with Crippen molar-refractivity contribution in [3.05, 3.63) is 77.5 Å². The monoisotopic (exact) mass is 367 g/mol. The van der Waals surface area contributed by atoms with Crippen molar-refractivity contribution in [3.63, 3.8) is 0 Å². The van der Waals surface area contributed by atoms with Crippen LogP contribution >= 0.6 is 0 Å². The predicted molar refractivity (Wildman–Crippen MR) is 101 cm³/mol. The Morgan fingerprint density at radius 2 is 1.33 bits per heavy atom. The molecule has 0 unspecified atom stereocenters. The second-order valence-electron chi connectivity index (χ2n) is 5.42. The van der Waals surface area contributed by atoms with Crippen LogP contribution in [0.3, 0.4) is 0 Å². The minimum atomic E-state index is -0.765. The maximum atomic E-state index is 12.4. The SMILES string of the molecule is CCOC(=O)C(=CNc1ccc(C(=O)c2ccccc2)cc1)C(=O)OCC. The lowest BCUT2D eigenvalue weighted by atomic mass is 10.0. The summed E-state index contributed by atoms with van der Waals surface area (Å²) < 4.78 is 9.73. The van der Waals surface area contributed by atoms with E-state index in [1.54, 1.807) is 62.4 Å². The number of esters is 2. The van der Waals surface area contributed by atoms with Gasteiger partial charge < -0.3 is 14.8 Å². The van der Waals surface area contributed by atoms with Gasteiger partial charge in [-0.05, 0) is 38.1 Å². The number of carbonyl (C=O) groups excluding carboxylic acids is 3. The van der Waals surface area contributed by atoms with Crippen molar-refractivity contribution < 1.29 is 23.9 Å². The van der Waals surface area contributed by atoms with Crippen molar-refractivity contribution in [2.24, 2.45) is 0 Å². The summed E-state index contributed by atoms with van der Waals surface area (Å²) in [4.78, 5) is 36.2. The minimum Gasteiger partial charge on any atom is -0.462 e. The summed E-state index contributed by atoms with van der Waals surface area (Å²) in [6.07, 6.45) is 1.24. The molecule has 0 aromatic heterocycles. The van der Waals surface area contributed by atoms with Gasteiger partial charge in [0.05, 0.1) is 13.2 Å². The first-order valence-electron chi connectivity index (χ1n) is 8.57. The third-order valence-electron chi connectivity index (χ3n) is 3.56. The van der Waals surface area contributed by atoms with Crippen LogP contribution in [-0.2, 0) is 19.1 Å². The number of rotatable bonds is 8. The Kier molecular flexibility index (Phi) is 7.31. The van der Waals surface area contributed by atoms with Crippen LogP contribution in [0.15, 0.2) is 66.4 Å². The average Bonchev–Trinajstić information content (AvgIpc) is 2.69. The molecule has 1 N–H and O–H groups in total. The number of benzene rings is 2. The highest BCUT2D eigenvalue weighted by atomic mass is 16.6. The average molecular weight is 367 g/mol. The van der Waals surface area contributed by atoms with Gasteiger partial charge in [-0.15, -0.1) is 0 Å². The van der Waals surface area contributed by atoms with Crippen molar-refractivity contribution in [1.82, 2.24) is 0 Å². The molecule has 0 heterocycles. The molecule has 0 saturated carbocycles. The fourth-order valence-corrected chi connectivity index (χ4v) is 2.25. The van der Waals surface area contributed by atoms with Gasteiger partial charge in [0.15, 0.2) is 11.4 Å². The lowest BCUT2D eigenvalue weighted by Crippen LogP contribution is -2.19. The molecule has 0 atom stereocenters. The van der Waals surface area contributed by atoms with E-state index < -0.39 is 11.9 Å². The summed E-state index contributed by atoms with van der Waals surface area (Å²) in [7, 11) is 0. The van der Waals surface area contributed by atoms with Crippen LogP contribution in [0.4, 0.5) is 5.69 Å². The molecule has 0 saturated heterocycles. The molecule has 140 valence electrons. The molecule has 0 bridgehead atoms. The molecule has 0 amide bonds. The van der Waals surface area contributed by atoms with Crippen LogP contribution in [-0.4, -0.2) is 30.9 Å². The Balaban J connectivity index is 2.13. The molecule has 0 spiro atoms. The molecule has 0 aliphatic heterocycles. The first-order valence-corrected chi connectivity index (χ1v) is 8.57. The molecule has 27 heavy (non-hydrogen) atoms. The number of anilines is 1. The fourth-order valence-electron chi connectivity index (χ4n) is 2.25. The summed E-state index contributed by atoms with van der Waals surface area (Å²) in [5.74, 6) is -1.62. The number of ketones is 1. The predicted octanol–water partition coefficient (Wildman–Crippen LogP) is 3.34. The zero-order valence-corrected chi connectivity index (χ0v) is 15.2. The fraction of sp³-hybridized carbons (Fsp3) is 0.190. The summed E-state index contributed by atoms with van der Waals surface area (Å²) in [6.45, 7) is 3.59. The Hall–Kier alpha value is -3.41. The van der Waals surface area contributed by atoms with E-state index in [2.05, 4.69) is 5.32 Å². The van der Waals surface area contributed by atoms with Crippen molar-refractivity contribution >= 4 is 23.4 Å². The van der Waals surface area contributed by atoms with Gasteiger partial charge in [-0.25, -0.2) is 9.59 Å². The Morgan fingerprint density at radius 3 is 1.85 bits per heavy atom. The highest BCUT2D eigenvalue weighted by molar-refractivity contribution is 6.14. The topological polar surface area (TPSA) is 81.7 Å². The van der Waals surface area contributed by atoms with E-state index in [4.69, 9.17) is 9.47 Å². The van der Waals surface area contributed by atoms with Crippen molar-refractivity contribution in [3.8, 4) is 0 Å². The Morgan fingerprint density at radius 1 is 0.815 bits per heavy atom. The van der Waals surface area contributed by atoms with Crippen LogP contribution in [0.25, 0.3) is 0 Å². The van der Waals surface area contributed by atoms with Crippen LogP contribution in [0.5, 0.6) is 0 Å². The molecule has 6 nitrogen and oxygen atoms in total. The quantitative estimate of drug-likeness (QED) is 0.253. The van der Waals surface area contributed by atoms with Gasteiger partial charge in [0.1, 0.15) is 0 Å². The Bertz CT molecular complexity index is 805. The van der Waals surface area contributed by atoms with Crippen molar-refractivity contribution in [1.29, 1.82) is 0 Å². The van der Waals surface area contributed by atoms with Crippen LogP contribution < -0.4 is 5.32 Å². The minimum absolute atomic E-state index is 0.0866. The van der Waals surface area contributed by atoms with Crippen molar-refractivity contribution in [2.45, 2.75) is 13.8 Å². The molecule has 0 aliphatic carbocycles. The van der Waals surface area contributed by atoms with Crippen molar-refractivity contribution in [2.75, 3.05) is 18.5 Å². The zero-order valence-electron chi connectivity index (χ0n) is 15.2. The van der Waals surface area contributed by atoms with Gasteiger partial charge >= 0.3 is 11.9 Å². The van der Waals surface area contributed by atoms with E-state index >= 15 is 0 Å². The summed E-state index contributed by atoms with van der Waals surface area (Å²) in [5.41, 5.74) is 1.51. The van der Waals surface area contributed by atoms with E-state index in [1.165, 1.54) is 6.20 Å². The van der Waals surface area contributed by atoms with Gasteiger partial charge in [0, 0.05) is 23.0 Å². The molecule has 0 fully saturated rings. The van der Waals surface area contributed by atoms with Gasteiger partial charge in [-0.3, -0.25) is 4.79 Å². The highest BCUT2D eigenvalue weighted by Gasteiger charge is 2.20. The standard InChI is InChI=1S/C21H21NO5/c1-3-26-20(24)18(21(25)27-4-2)14-22-17-12-10-16(11-13-17)19(23)15-8-6-5-7-9-15/h5-14,22H,3-4H2,1-2H3. The second kappa shape index (κ2) is 9.91. The number of ether oxygens (including phenoxy) is 2. The lowest BCUT2D eigenvalue weighted by Gasteiger charge is -2.08. The number of nitrogens with one attached hydrogen (secondary N) is 1. The summed E-state index contributed by atoms with van der Waals surface area (Å²) in [5, 5.41) is 2.85. The van der Waals surface area contributed by atoms with Crippen LogP contribution in [0.2, 0.25) is 0 Å². The number of hydrogen-bond acceptors (Lipinski definition) is 6. The molecule has 0 aliphatic rings. The van der Waals surface area contributed by atoms with Gasteiger partial charge in [-0.2, -0.15) is 0 Å². The number of carbonyl (C=O) groups is 3. The van der Waals surface area contributed by atoms with Gasteiger partial charge in [0.25, 0.3) is 0 Å². The second-order valence-corrected chi connectivity index (χ2v) is 5.42. The van der Waals surface area contributed by atoms with Crippen LogP contribution in [0, 0.1) is 0 Å². The molecule has 6 heteroatoms. The highest BCUT2D eigenvalue weighted by Crippen LogP contribution is 2.14. The summed E-state index contributed by atoms with van der Waals surface area (Å²) in [6, 6.07) is 15.7. The molecular formula is C21H21NO5. The van der Waals surface area contributed by atoms with E-state index in [9.17, 15) is 14.4 Å². The van der Waals surface area contributed by atoms with E-state index in [0.717, 1.165) is 0 Å². The first-order chi connectivity index (χ1) is 13.1. The van der Waals surface area contributed by atoms with Gasteiger partial charge in [0.2, 0.25) is 0 Å². The Labute approximate surface area is 157 Å². The molecule has 0 radical (unpaired) electrons. The maximum absolute atomic E-state index is 12.4. The first kappa shape index (κ1) is 19.9. The van der Waals surface area contributed by atoms with Gasteiger partial charge in [-0.1, -0.05) is 30.3 Å². The molecule has 2 aromatic rings.